The molecular formula is C16H18BrNO2. The number of benzene rings is 2. The van der Waals surface area contributed by atoms with E-state index in [1.165, 1.54) is 5.56 Å². The highest BCUT2D eigenvalue weighted by Gasteiger charge is 2.09. The van der Waals surface area contributed by atoms with Crippen molar-refractivity contribution in [1.29, 1.82) is 0 Å². The third-order valence-corrected chi connectivity index (χ3v) is 3.91. The quantitative estimate of drug-likeness (QED) is 0.879. The average Bonchev–Trinajstić information content (AvgIpc) is 2.47. The number of hydrogen-bond acceptors (Lipinski definition) is 3. The van der Waals surface area contributed by atoms with Gasteiger partial charge in [0, 0.05) is 16.7 Å². The number of ether oxygens (including phenoxy) is 2. The Kier molecular flexibility index (Phi) is 4.90. The molecule has 1 N–H and O–H groups in total. The largest absolute Gasteiger partial charge is 0.493 e. The van der Waals surface area contributed by atoms with Crippen LogP contribution in [0.3, 0.4) is 0 Å². The minimum absolute atomic E-state index is 0.714. The molecule has 0 aliphatic rings. The fraction of sp³-hybridized carbons (Fsp3) is 0.250. The van der Waals surface area contributed by atoms with Crippen LogP contribution < -0.4 is 14.8 Å². The lowest BCUT2D eigenvalue weighted by molar-refractivity contribution is 0.354. The second-order valence-corrected chi connectivity index (χ2v) is 5.32. The van der Waals surface area contributed by atoms with Gasteiger partial charge >= 0.3 is 0 Å². The summed E-state index contributed by atoms with van der Waals surface area (Å²) in [6.07, 6.45) is 0. The summed E-state index contributed by atoms with van der Waals surface area (Å²) >= 11 is 3.57. The smallest absolute Gasteiger partial charge is 0.161 e. The molecule has 0 bridgehead atoms. The Hall–Kier alpha value is -1.68. The minimum atomic E-state index is 0.714. The van der Waals surface area contributed by atoms with E-state index < -0.39 is 0 Å². The maximum absolute atomic E-state index is 5.33. The van der Waals surface area contributed by atoms with Crippen LogP contribution in [0.5, 0.6) is 11.5 Å². The Morgan fingerprint density at radius 2 is 1.70 bits per heavy atom. The van der Waals surface area contributed by atoms with Gasteiger partial charge in [0.15, 0.2) is 11.5 Å². The number of aryl methyl sites for hydroxylation is 1. The summed E-state index contributed by atoms with van der Waals surface area (Å²) in [5, 5.41) is 3.43. The van der Waals surface area contributed by atoms with E-state index in [1.807, 2.05) is 24.3 Å². The van der Waals surface area contributed by atoms with Gasteiger partial charge in [-0.25, -0.2) is 0 Å². The van der Waals surface area contributed by atoms with Gasteiger partial charge in [0.2, 0.25) is 0 Å². The normalized spacial score (nSPS) is 10.2. The molecule has 0 aliphatic carbocycles. The fourth-order valence-corrected chi connectivity index (χ4v) is 2.46. The summed E-state index contributed by atoms with van der Waals surface area (Å²) in [5.74, 6) is 1.45. The van der Waals surface area contributed by atoms with E-state index in [4.69, 9.17) is 9.47 Å². The van der Waals surface area contributed by atoms with Crippen molar-refractivity contribution < 1.29 is 9.47 Å². The van der Waals surface area contributed by atoms with Gasteiger partial charge in [0.05, 0.1) is 14.2 Å². The van der Waals surface area contributed by atoms with E-state index in [2.05, 4.69) is 40.3 Å². The van der Waals surface area contributed by atoms with Crippen molar-refractivity contribution in [3.8, 4) is 11.5 Å². The van der Waals surface area contributed by atoms with E-state index in [0.717, 1.165) is 27.2 Å². The summed E-state index contributed by atoms with van der Waals surface area (Å²) in [5.41, 5.74) is 3.48. The highest BCUT2D eigenvalue weighted by molar-refractivity contribution is 9.10. The van der Waals surface area contributed by atoms with E-state index in [1.54, 1.807) is 14.2 Å². The van der Waals surface area contributed by atoms with Gasteiger partial charge in [-0.1, -0.05) is 34.1 Å². The molecule has 3 nitrogen and oxygen atoms in total. The molecule has 4 heteroatoms. The Balaban J connectivity index is 2.19. The summed E-state index contributed by atoms with van der Waals surface area (Å²) in [4.78, 5) is 0. The van der Waals surface area contributed by atoms with Crippen LogP contribution in [0, 0.1) is 6.92 Å². The summed E-state index contributed by atoms with van der Waals surface area (Å²) in [6, 6.07) is 12.1. The molecule has 0 aliphatic heterocycles. The van der Waals surface area contributed by atoms with E-state index >= 15 is 0 Å². The number of nitrogens with one attached hydrogen (secondary N) is 1. The molecule has 2 aromatic rings. The molecule has 0 aromatic heterocycles. The first kappa shape index (κ1) is 14.7. The van der Waals surface area contributed by atoms with Crippen LogP contribution in [-0.4, -0.2) is 14.2 Å². The van der Waals surface area contributed by atoms with E-state index in [0.29, 0.717) is 6.54 Å². The minimum Gasteiger partial charge on any atom is -0.493 e. The van der Waals surface area contributed by atoms with Gasteiger partial charge in [-0.3, -0.25) is 0 Å². The lowest BCUT2D eigenvalue weighted by Crippen LogP contribution is -2.02. The summed E-state index contributed by atoms with van der Waals surface area (Å²) in [7, 11) is 3.28. The average molecular weight is 336 g/mol. The topological polar surface area (TPSA) is 30.5 Å². The van der Waals surface area contributed by atoms with Gasteiger partial charge in [-0.05, 0) is 36.2 Å². The predicted molar refractivity (Wildman–Crippen MR) is 85.8 cm³/mol. The zero-order chi connectivity index (χ0) is 14.5. The molecule has 2 aromatic carbocycles. The molecule has 0 heterocycles. The van der Waals surface area contributed by atoms with Crippen molar-refractivity contribution in [2.24, 2.45) is 0 Å². The second kappa shape index (κ2) is 6.66. The van der Waals surface area contributed by atoms with Gasteiger partial charge in [0.25, 0.3) is 0 Å². The van der Waals surface area contributed by atoms with E-state index in [-0.39, 0.29) is 0 Å². The SMILES string of the molecule is COc1cc(Br)c(CNc2ccccc2C)cc1OC. The number of methoxy groups -OCH3 is 2. The van der Waals surface area contributed by atoms with Crippen LogP contribution in [0.4, 0.5) is 5.69 Å². The molecule has 0 saturated heterocycles. The maximum atomic E-state index is 5.33. The van der Waals surface area contributed by atoms with Crippen molar-refractivity contribution in [1.82, 2.24) is 0 Å². The van der Waals surface area contributed by atoms with Crippen LogP contribution in [-0.2, 0) is 6.54 Å². The Labute approximate surface area is 128 Å². The molecule has 106 valence electrons. The van der Waals surface area contributed by atoms with Crippen LogP contribution in [0.2, 0.25) is 0 Å². The molecule has 0 saturated carbocycles. The van der Waals surface area contributed by atoms with Gasteiger partial charge in [0.1, 0.15) is 0 Å². The number of anilines is 1. The first-order chi connectivity index (χ1) is 9.65. The maximum Gasteiger partial charge on any atom is 0.161 e. The van der Waals surface area contributed by atoms with Crippen molar-refractivity contribution >= 4 is 21.6 Å². The predicted octanol–water partition coefficient (Wildman–Crippen LogP) is 4.39. The number of rotatable bonds is 5. The van der Waals surface area contributed by atoms with E-state index in [9.17, 15) is 0 Å². The lowest BCUT2D eigenvalue weighted by atomic mass is 10.1. The Morgan fingerprint density at radius 1 is 1.05 bits per heavy atom. The molecule has 0 unspecified atom stereocenters. The number of halogens is 1. The number of para-hydroxylation sites is 1. The second-order valence-electron chi connectivity index (χ2n) is 4.47. The zero-order valence-corrected chi connectivity index (χ0v) is 13.5. The van der Waals surface area contributed by atoms with Crippen LogP contribution in [0.15, 0.2) is 40.9 Å². The first-order valence-corrected chi connectivity index (χ1v) is 7.15. The van der Waals surface area contributed by atoms with Crippen molar-refractivity contribution in [3.63, 3.8) is 0 Å². The van der Waals surface area contributed by atoms with Crippen molar-refractivity contribution in [2.75, 3.05) is 19.5 Å². The first-order valence-electron chi connectivity index (χ1n) is 6.35. The van der Waals surface area contributed by atoms with Crippen molar-refractivity contribution in [3.05, 3.63) is 52.0 Å². The molecular weight excluding hydrogens is 318 g/mol. The van der Waals surface area contributed by atoms with Crippen LogP contribution in [0.1, 0.15) is 11.1 Å². The molecule has 20 heavy (non-hydrogen) atoms. The highest BCUT2D eigenvalue weighted by Crippen LogP contribution is 2.33. The van der Waals surface area contributed by atoms with Crippen LogP contribution in [0.25, 0.3) is 0 Å². The molecule has 0 amide bonds. The summed E-state index contributed by atoms with van der Waals surface area (Å²) in [6.45, 7) is 2.80. The zero-order valence-electron chi connectivity index (χ0n) is 11.9. The Bertz CT molecular complexity index is 599. The lowest BCUT2D eigenvalue weighted by Gasteiger charge is -2.14. The molecule has 0 atom stereocenters. The third kappa shape index (κ3) is 3.25. The van der Waals surface area contributed by atoms with Crippen molar-refractivity contribution in [2.45, 2.75) is 13.5 Å². The van der Waals surface area contributed by atoms with Crippen LogP contribution >= 0.6 is 15.9 Å². The standard InChI is InChI=1S/C16H18BrNO2/c1-11-6-4-5-7-14(11)18-10-12-8-15(19-2)16(20-3)9-13(12)17/h4-9,18H,10H2,1-3H3. The summed E-state index contributed by atoms with van der Waals surface area (Å²) < 4.78 is 11.6. The van der Waals surface area contributed by atoms with Gasteiger partial charge in [-0.2, -0.15) is 0 Å². The molecule has 0 spiro atoms. The number of hydrogen-bond donors (Lipinski definition) is 1. The third-order valence-electron chi connectivity index (χ3n) is 3.17. The molecule has 0 radical (unpaired) electrons. The fourth-order valence-electron chi connectivity index (χ4n) is 1.99. The van der Waals surface area contributed by atoms with Gasteiger partial charge < -0.3 is 14.8 Å². The Morgan fingerprint density at radius 3 is 2.35 bits per heavy atom. The monoisotopic (exact) mass is 335 g/mol. The van der Waals surface area contributed by atoms with Gasteiger partial charge in [-0.15, -0.1) is 0 Å². The molecule has 2 rings (SSSR count). The highest BCUT2D eigenvalue weighted by atomic mass is 79.9. The molecule has 0 fully saturated rings.